The summed E-state index contributed by atoms with van der Waals surface area (Å²) in [5, 5.41) is 10.8. The largest absolute Gasteiger partial charge is 0.507 e. The van der Waals surface area contributed by atoms with Crippen molar-refractivity contribution in [2.75, 3.05) is 19.7 Å². The van der Waals surface area contributed by atoms with Gasteiger partial charge in [0.25, 0.3) is 0 Å². The van der Waals surface area contributed by atoms with Crippen molar-refractivity contribution in [2.24, 2.45) is 0 Å². The van der Waals surface area contributed by atoms with Crippen LogP contribution in [-0.2, 0) is 11.3 Å². The number of ether oxygens (including phenoxy) is 2. The molecule has 31 heavy (non-hydrogen) atoms. The van der Waals surface area contributed by atoms with E-state index in [2.05, 4.69) is 4.90 Å². The first-order chi connectivity index (χ1) is 15.0. The zero-order valence-electron chi connectivity index (χ0n) is 17.6. The van der Waals surface area contributed by atoms with Gasteiger partial charge in [0.1, 0.15) is 22.8 Å². The Kier molecular flexibility index (Phi) is 5.95. The Morgan fingerprint density at radius 2 is 1.84 bits per heavy atom. The monoisotopic (exact) mass is 423 g/mol. The van der Waals surface area contributed by atoms with E-state index in [0.29, 0.717) is 46.8 Å². The number of phenolic OH excluding ortho intramolecular Hbond substituents is 1. The minimum Gasteiger partial charge on any atom is -0.507 e. The summed E-state index contributed by atoms with van der Waals surface area (Å²) in [5.41, 5.74) is 1.10. The van der Waals surface area contributed by atoms with Gasteiger partial charge in [-0.15, -0.1) is 0 Å². The number of aromatic hydroxyl groups is 1. The molecule has 0 spiro atoms. The highest BCUT2D eigenvalue weighted by Crippen LogP contribution is 2.32. The van der Waals surface area contributed by atoms with Gasteiger partial charge in [-0.25, -0.2) is 4.79 Å². The fourth-order valence-corrected chi connectivity index (χ4v) is 3.82. The lowest BCUT2D eigenvalue weighted by Crippen LogP contribution is -2.19. The minimum absolute atomic E-state index is 0.0780. The zero-order chi connectivity index (χ0) is 22.0. The highest BCUT2D eigenvalue weighted by Gasteiger charge is 2.21. The molecule has 1 fully saturated rings. The molecule has 0 amide bonds. The van der Waals surface area contributed by atoms with E-state index in [0.717, 1.165) is 25.9 Å². The molecule has 1 aliphatic heterocycles. The van der Waals surface area contributed by atoms with Crippen LogP contribution in [0.3, 0.4) is 0 Å². The minimum atomic E-state index is -0.416. The summed E-state index contributed by atoms with van der Waals surface area (Å²) in [4.78, 5) is 27.2. The number of aryl methyl sites for hydroxylation is 1. The van der Waals surface area contributed by atoms with Crippen molar-refractivity contribution in [2.45, 2.75) is 33.2 Å². The Hall–Kier alpha value is -3.32. The highest BCUT2D eigenvalue weighted by molar-refractivity contribution is 5.89. The van der Waals surface area contributed by atoms with Gasteiger partial charge in [0.15, 0.2) is 0 Å². The third-order valence-electron chi connectivity index (χ3n) is 5.43. The van der Waals surface area contributed by atoms with Crippen molar-refractivity contribution in [3.05, 3.63) is 63.5 Å². The van der Waals surface area contributed by atoms with Gasteiger partial charge in [-0.05, 0) is 76.2 Å². The second kappa shape index (κ2) is 8.81. The Labute approximate surface area is 179 Å². The molecule has 0 unspecified atom stereocenters. The van der Waals surface area contributed by atoms with Crippen LogP contribution in [0.15, 0.2) is 45.6 Å². The van der Waals surface area contributed by atoms with Crippen LogP contribution < -0.4 is 10.2 Å². The van der Waals surface area contributed by atoms with Crippen LogP contribution in [0.1, 0.15) is 41.4 Å². The molecule has 0 atom stereocenters. The second-order valence-corrected chi connectivity index (χ2v) is 7.59. The molecule has 7 heteroatoms. The quantitative estimate of drug-likeness (QED) is 0.589. The fraction of sp³-hybridized carbons (Fsp3) is 0.333. The number of carbonyl (C=O) groups excluding carboxylic acids is 1. The first kappa shape index (κ1) is 20.9. The zero-order valence-corrected chi connectivity index (χ0v) is 17.6. The number of hydrogen-bond donors (Lipinski definition) is 1. The molecule has 2 aromatic carbocycles. The van der Waals surface area contributed by atoms with Gasteiger partial charge in [-0.3, -0.25) is 9.69 Å². The van der Waals surface area contributed by atoms with Gasteiger partial charge in [-0.2, -0.15) is 0 Å². The third-order valence-corrected chi connectivity index (χ3v) is 5.43. The Morgan fingerprint density at radius 3 is 2.52 bits per heavy atom. The lowest BCUT2D eigenvalue weighted by molar-refractivity contribution is 0.0526. The molecule has 7 nitrogen and oxygen atoms in total. The Morgan fingerprint density at radius 1 is 1.13 bits per heavy atom. The van der Waals surface area contributed by atoms with Gasteiger partial charge in [0.2, 0.25) is 11.2 Å². The van der Waals surface area contributed by atoms with Crippen molar-refractivity contribution in [3.8, 4) is 17.2 Å². The molecule has 1 aromatic heterocycles. The summed E-state index contributed by atoms with van der Waals surface area (Å²) >= 11 is 0. The topological polar surface area (TPSA) is 89.2 Å². The number of carbonyl (C=O) groups is 1. The van der Waals surface area contributed by atoms with E-state index in [4.69, 9.17) is 13.9 Å². The van der Waals surface area contributed by atoms with E-state index < -0.39 is 5.97 Å². The Bertz CT molecular complexity index is 1160. The predicted octanol–water partition coefficient (Wildman–Crippen LogP) is 4.37. The summed E-state index contributed by atoms with van der Waals surface area (Å²) in [6.45, 7) is 6.15. The molecule has 162 valence electrons. The number of benzene rings is 2. The molecule has 0 saturated carbocycles. The SMILES string of the molecule is CCOC(=O)c1ccc(Oc2c(C)oc3c(CN4CCCC4)c(O)ccc3c2=O)cc1. The molecule has 4 rings (SSSR count). The van der Waals surface area contributed by atoms with Crippen LogP contribution in [0.4, 0.5) is 0 Å². The van der Waals surface area contributed by atoms with Crippen molar-refractivity contribution >= 4 is 16.9 Å². The summed E-state index contributed by atoms with van der Waals surface area (Å²) in [6.07, 6.45) is 2.25. The van der Waals surface area contributed by atoms with E-state index in [1.54, 1.807) is 44.2 Å². The van der Waals surface area contributed by atoms with Crippen molar-refractivity contribution in [1.29, 1.82) is 0 Å². The van der Waals surface area contributed by atoms with Crippen LogP contribution >= 0.6 is 0 Å². The summed E-state index contributed by atoms with van der Waals surface area (Å²) < 4.78 is 16.8. The predicted molar refractivity (Wildman–Crippen MR) is 116 cm³/mol. The van der Waals surface area contributed by atoms with Crippen LogP contribution in [0.25, 0.3) is 11.0 Å². The van der Waals surface area contributed by atoms with Gasteiger partial charge in [0, 0.05) is 6.54 Å². The van der Waals surface area contributed by atoms with Crippen molar-refractivity contribution < 1.29 is 23.8 Å². The molecule has 1 aliphatic rings. The maximum atomic E-state index is 13.2. The molecule has 0 aliphatic carbocycles. The van der Waals surface area contributed by atoms with Gasteiger partial charge in [-0.1, -0.05) is 0 Å². The maximum absolute atomic E-state index is 13.2. The first-order valence-electron chi connectivity index (χ1n) is 10.4. The smallest absolute Gasteiger partial charge is 0.338 e. The van der Waals surface area contributed by atoms with E-state index in [9.17, 15) is 14.7 Å². The van der Waals surface area contributed by atoms with Crippen LogP contribution in [0, 0.1) is 6.92 Å². The van der Waals surface area contributed by atoms with Gasteiger partial charge in [0.05, 0.1) is 23.1 Å². The molecule has 0 bridgehead atoms. The maximum Gasteiger partial charge on any atom is 0.338 e. The molecule has 0 radical (unpaired) electrons. The number of nitrogens with zero attached hydrogens (tertiary/aromatic N) is 1. The molecule has 1 saturated heterocycles. The van der Waals surface area contributed by atoms with Crippen LogP contribution in [0.5, 0.6) is 17.2 Å². The van der Waals surface area contributed by atoms with E-state index in [1.807, 2.05) is 0 Å². The van der Waals surface area contributed by atoms with E-state index >= 15 is 0 Å². The lowest BCUT2D eigenvalue weighted by Gasteiger charge is -2.17. The lowest BCUT2D eigenvalue weighted by atomic mass is 10.1. The van der Waals surface area contributed by atoms with Crippen LogP contribution in [0.2, 0.25) is 0 Å². The summed E-state index contributed by atoms with van der Waals surface area (Å²) in [7, 11) is 0. The second-order valence-electron chi connectivity index (χ2n) is 7.59. The van der Waals surface area contributed by atoms with Crippen molar-refractivity contribution in [1.82, 2.24) is 4.90 Å². The number of rotatable bonds is 6. The number of hydrogen-bond acceptors (Lipinski definition) is 7. The van der Waals surface area contributed by atoms with Gasteiger partial charge >= 0.3 is 5.97 Å². The molecule has 3 aromatic rings. The van der Waals surface area contributed by atoms with E-state index in [-0.39, 0.29) is 16.9 Å². The van der Waals surface area contributed by atoms with Crippen molar-refractivity contribution in [3.63, 3.8) is 0 Å². The third kappa shape index (κ3) is 4.27. The first-order valence-corrected chi connectivity index (χ1v) is 10.4. The molecular formula is C24H25NO6. The summed E-state index contributed by atoms with van der Waals surface area (Å²) in [5.74, 6) is 0.499. The average Bonchev–Trinajstić information content (AvgIpc) is 3.27. The van der Waals surface area contributed by atoms with E-state index in [1.165, 1.54) is 6.07 Å². The molecular weight excluding hydrogens is 398 g/mol. The summed E-state index contributed by atoms with van der Waals surface area (Å²) in [6, 6.07) is 9.45. The average molecular weight is 423 g/mol. The number of fused-ring (bicyclic) bond motifs is 1. The number of phenols is 1. The molecule has 1 N–H and O–H groups in total. The number of likely N-dealkylation sites (tertiary alicyclic amines) is 1. The standard InChI is InChI=1S/C24H25NO6/c1-3-29-24(28)16-6-8-17(9-7-16)31-22-15(2)30-23-18(21(22)27)10-11-20(26)19(23)14-25-12-4-5-13-25/h6-11,26H,3-5,12-14H2,1-2H3. The van der Waals surface area contributed by atoms with Gasteiger partial charge < -0.3 is 19.0 Å². The number of esters is 1. The Balaban J connectivity index is 1.67. The fourth-order valence-electron chi connectivity index (χ4n) is 3.82. The normalized spacial score (nSPS) is 14.1. The highest BCUT2D eigenvalue weighted by atomic mass is 16.5. The molecule has 2 heterocycles. The van der Waals surface area contributed by atoms with Crippen LogP contribution in [-0.4, -0.2) is 35.7 Å².